The van der Waals surface area contributed by atoms with E-state index in [1.165, 1.54) is 0 Å². The molecule has 0 fully saturated rings. The maximum absolute atomic E-state index is 12.9. The summed E-state index contributed by atoms with van der Waals surface area (Å²) in [6, 6.07) is 11.9. The summed E-state index contributed by atoms with van der Waals surface area (Å²) < 4.78 is 0. The zero-order valence-electron chi connectivity index (χ0n) is 13.7. The van der Waals surface area contributed by atoms with Crippen molar-refractivity contribution in [3.63, 3.8) is 0 Å². The summed E-state index contributed by atoms with van der Waals surface area (Å²) in [6.45, 7) is 8.94. The quantitative estimate of drug-likeness (QED) is 0.793. The fourth-order valence-corrected chi connectivity index (χ4v) is 2.28. The standard InChI is InChI=1S/C19H23N3O/c1-4-10-21-18-11-17(12-20-13-18)19(23)22(15(2)3)14-16-8-6-5-7-9-16/h4-9,11-13,15,21H,1,10,14H2,2-3H3. The molecule has 0 saturated carbocycles. The highest BCUT2D eigenvalue weighted by Crippen LogP contribution is 2.15. The lowest BCUT2D eigenvalue weighted by atomic mass is 10.1. The lowest BCUT2D eigenvalue weighted by Crippen LogP contribution is -2.36. The minimum Gasteiger partial charge on any atom is -0.380 e. The minimum absolute atomic E-state index is 0.0152. The summed E-state index contributed by atoms with van der Waals surface area (Å²) in [5.41, 5.74) is 2.52. The van der Waals surface area contributed by atoms with Gasteiger partial charge in [0, 0.05) is 31.5 Å². The molecule has 0 aliphatic carbocycles. The van der Waals surface area contributed by atoms with E-state index in [-0.39, 0.29) is 11.9 Å². The number of hydrogen-bond donors (Lipinski definition) is 1. The van der Waals surface area contributed by atoms with E-state index >= 15 is 0 Å². The van der Waals surface area contributed by atoms with Crippen LogP contribution in [0.4, 0.5) is 5.69 Å². The van der Waals surface area contributed by atoms with Crippen molar-refractivity contribution in [2.24, 2.45) is 0 Å². The van der Waals surface area contributed by atoms with Crippen LogP contribution >= 0.6 is 0 Å². The van der Waals surface area contributed by atoms with Crippen molar-refractivity contribution < 1.29 is 4.79 Å². The first kappa shape index (κ1) is 16.7. The molecule has 0 bridgehead atoms. The van der Waals surface area contributed by atoms with E-state index in [2.05, 4.69) is 16.9 Å². The number of carbonyl (C=O) groups is 1. The predicted octanol–water partition coefficient (Wildman–Crippen LogP) is 3.73. The average Bonchev–Trinajstić information content (AvgIpc) is 2.58. The molecular weight excluding hydrogens is 286 g/mol. The van der Waals surface area contributed by atoms with E-state index in [1.54, 1.807) is 18.5 Å². The second-order valence-corrected chi connectivity index (χ2v) is 5.64. The molecule has 1 aromatic carbocycles. The number of benzene rings is 1. The van der Waals surface area contributed by atoms with Crippen LogP contribution in [0, 0.1) is 0 Å². The molecule has 1 amide bonds. The molecule has 120 valence electrons. The number of anilines is 1. The van der Waals surface area contributed by atoms with Crippen molar-refractivity contribution in [3.05, 3.63) is 72.6 Å². The summed E-state index contributed by atoms with van der Waals surface area (Å²) in [4.78, 5) is 18.9. The maximum atomic E-state index is 12.9. The van der Waals surface area contributed by atoms with Crippen molar-refractivity contribution in [3.8, 4) is 0 Å². The molecule has 4 nitrogen and oxygen atoms in total. The van der Waals surface area contributed by atoms with Gasteiger partial charge in [0.15, 0.2) is 0 Å². The zero-order valence-corrected chi connectivity index (χ0v) is 13.7. The van der Waals surface area contributed by atoms with E-state index in [9.17, 15) is 4.79 Å². The van der Waals surface area contributed by atoms with Crippen LogP contribution in [-0.4, -0.2) is 28.4 Å². The van der Waals surface area contributed by atoms with Gasteiger partial charge in [0.1, 0.15) is 0 Å². The van der Waals surface area contributed by atoms with Gasteiger partial charge in [0.25, 0.3) is 5.91 Å². The Morgan fingerprint density at radius 2 is 2.04 bits per heavy atom. The van der Waals surface area contributed by atoms with Crippen LogP contribution in [0.25, 0.3) is 0 Å². The Morgan fingerprint density at radius 3 is 2.70 bits per heavy atom. The molecule has 0 unspecified atom stereocenters. The summed E-state index contributed by atoms with van der Waals surface area (Å²) >= 11 is 0. The highest BCUT2D eigenvalue weighted by atomic mass is 16.2. The van der Waals surface area contributed by atoms with Crippen LogP contribution in [0.1, 0.15) is 29.8 Å². The molecule has 1 heterocycles. The van der Waals surface area contributed by atoms with Crippen LogP contribution in [0.3, 0.4) is 0 Å². The Balaban J connectivity index is 2.19. The van der Waals surface area contributed by atoms with Crippen LogP contribution in [0.2, 0.25) is 0 Å². The van der Waals surface area contributed by atoms with Gasteiger partial charge in [-0.05, 0) is 25.5 Å². The van der Waals surface area contributed by atoms with E-state index < -0.39 is 0 Å². The number of rotatable bonds is 7. The van der Waals surface area contributed by atoms with E-state index in [4.69, 9.17) is 0 Å². The molecule has 4 heteroatoms. The van der Waals surface area contributed by atoms with Gasteiger partial charge in [-0.1, -0.05) is 36.4 Å². The molecular formula is C19H23N3O. The molecule has 2 rings (SSSR count). The van der Waals surface area contributed by atoms with Crippen LogP contribution in [-0.2, 0) is 6.54 Å². The van der Waals surface area contributed by atoms with Gasteiger partial charge in [-0.15, -0.1) is 6.58 Å². The fraction of sp³-hybridized carbons (Fsp3) is 0.263. The first-order chi connectivity index (χ1) is 11.1. The lowest BCUT2D eigenvalue weighted by Gasteiger charge is -2.27. The number of nitrogens with zero attached hydrogens (tertiary/aromatic N) is 2. The van der Waals surface area contributed by atoms with Gasteiger partial charge in [-0.2, -0.15) is 0 Å². The number of nitrogens with one attached hydrogen (secondary N) is 1. The molecule has 2 aromatic rings. The van der Waals surface area contributed by atoms with Crippen molar-refractivity contribution in [1.82, 2.24) is 9.88 Å². The zero-order chi connectivity index (χ0) is 16.7. The monoisotopic (exact) mass is 309 g/mol. The second kappa shape index (κ2) is 8.13. The SMILES string of the molecule is C=CCNc1cncc(C(=O)N(Cc2ccccc2)C(C)C)c1. The lowest BCUT2D eigenvalue weighted by molar-refractivity contribution is 0.0690. The molecule has 0 radical (unpaired) electrons. The molecule has 0 aliphatic heterocycles. The van der Waals surface area contributed by atoms with Crippen molar-refractivity contribution in [1.29, 1.82) is 0 Å². The highest BCUT2D eigenvalue weighted by Gasteiger charge is 2.19. The number of amides is 1. The summed E-state index contributed by atoms with van der Waals surface area (Å²) in [5, 5.41) is 3.16. The fourth-order valence-electron chi connectivity index (χ4n) is 2.28. The first-order valence-electron chi connectivity index (χ1n) is 7.76. The van der Waals surface area contributed by atoms with Gasteiger partial charge >= 0.3 is 0 Å². The van der Waals surface area contributed by atoms with Crippen LogP contribution in [0.15, 0.2) is 61.4 Å². The molecule has 0 spiro atoms. The van der Waals surface area contributed by atoms with Crippen molar-refractivity contribution in [2.75, 3.05) is 11.9 Å². The Morgan fingerprint density at radius 1 is 1.30 bits per heavy atom. The third kappa shape index (κ3) is 4.68. The Kier molecular flexibility index (Phi) is 5.92. The first-order valence-corrected chi connectivity index (χ1v) is 7.76. The second-order valence-electron chi connectivity index (χ2n) is 5.64. The van der Waals surface area contributed by atoms with Crippen LogP contribution in [0.5, 0.6) is 0 Å². The number of aromatic nitrogens is 1. The van der Waals surface area contributed by atoms with Gasteiger partial charge in [-0.25, -0.2) is 0 Å². The molecule has 0 saturated heterocycles. The van der Waals surface area contributed by atoms with Gasteiger partial charge in [0.2, 0.25) is 0 Å². The number of pyridine rings is 1. The molecule has 1 aromatic heterocycles. The predicted molar refractivity (Wildman–Crippen MR) is 94.4 cm³/mol. The molecule has 0 atom stereocenters. The van der Waals surface area contributed by atoms with Gasteiger partial charge in [-0.3, -0.25) is 9.78 Å². The maximum Gasteiger partial charge on any atom is 0.256 e. The Hall–Kier alpha value is -2.62. The third-order valence-corrected chi connectivity index (χ3v) is 3.52. The van der Waals surface area contributed by atoms with Gasteiger partial charge in [0.05, 0.1) is 11.3 Å². The topological polar surface area (TPSA) is 45.2 Å². The number of carbonyl (C=O) groups excluding carboxylic acids is 1. The Labute approximate surface area is 137 Å². The normalized spacial score (nSPS) is 10.4. The molecule has 0 aliphatic rings. The largest absolute Gasteiger partial charge is 0.380 e. The van der Waals surface area contributed by atoms with Crippen molar-refractivity contribution in [2.45, 2.75) is 26.4 Å². The van der Waals surface area contributed by atoms with E-state index in [0.717, 1.165) is 11.3 Å². The summed E-state index contributed by atoms with van der Waals surface area (Å²) in [6.07, 6.45) is 5.09. The third-order valence-electron chi connectivity index (χ3n) is 3.52. The highest BCUT2D eigenvalue weighted by molar-refractivity contribution is 5.94. The molecule has 23 heavy (non-hydrogen) atoms. The Bertz CT molecular complexity index is 653. The summed E-state index contributed by atoms with van der Waals surface area (Å²) in [7, 11) is 0. The minimum atomic E-state index is -0.0152. The van der Waals surface area contributed by atoms with Gasteiger partial charge < -0.3 is 10.2 Å². The van der Waals surface area contributed by atoms with E-state index in [1.807, 2.05) is 55.1 Å². The summed E-state index contributed by atoms with van der Waals surface area (Å²) in [5.74, 6) is -0.0152. The molecule has 1 N–H and O–H groups in total. The van der Waals surface area contributed by atoms with Crippen molar-refractivity contribution >= 4 is 11.6 Å². The average molecular weight is 309 g/mol. The number of hydrogen-bond acceptors (Lipinski definition) is 3. The van der Waals surface area contributed by atoms with Crippen LogP contribution < -0.4 is 5.32 Å². The smallest absolute Gasteiger partial charge is 0.256 e. The van der Waals surface area contributed by atoms with E-state index in [0.29, 0.717) is 18.7 Å².